The summed E-state index contributed by atoms with van der Waals surface area (Å²) in [7, 11) is 3.04. The van der Waals surface area contributed by atoms with E-state index in [1.165, 1.54) is 14.2 Å². The topological polar surface area (TPSA) is 42.2 Å². The largest absolute Gasteiger partial charge is 0.493 e. The highest BCUT2D eigenvalue weighted by molar-refractivity contribution is 9.10. The highest BCUT2D eigenvalue weighted by atomic mass is 79.9. The van der Waals surface area contributed by atoms with Crippen molar-refractivity contribution in [1.29, 1.82) is 5.26 Å². The average molecular weight is 242 g/mol. The van der Waals surface area contributed by atoms with Gasteiger partial charge in [0.1, 0.15) is 11.6 Å². The van der Waals surface area contributed by atoms with Gasteiger partial charge in [0.05, 0.1) is 14.2 Å². The van der Waals surface area contributed by atoms with Crippen LogP contribution in [0.1, 0.15) is 5.56 Å². The first-order chi connectivity index (χ1) is 6.24. The maximum atomic E-state index is 8.83. The van der Waals surface area contributed by atoms with Crippen molar-refractivity contribution in [1.82, 2.24) is 0 Å². The van der Waals surface area contributed by atoms with Gasteiger partial charge in [-0.2, -0.15) is 5.26 Å². The third-order valence-electron chi connectivity index (χ3n) is 1.61. The van der Waals surface area contributed by atoms with E-state index in [9.17, 15) is 0 Å². The van der Waals surface area contributed by atoms with Crippen LogP contribution in [-0.4, -0.2) is 14.2 Å². The normalized spacial score (nSPS) is 9.08. The number of halogens is 1. The van der Waals surface area contributed by atoms with Crippen molar-refractivity contribution in [3.63, 3.8) is 0 Å². The van der Waals surface area contributed by atoms with Gasteiger partial charge in [0.25, 0.3) is 0 Å². The van der Waals surface area contributed by atoms with Crippen molar-refractivity contribution in [2.24, 2.45) is 0 Å². The third-order valence-corrected chi connectivity index (χ3v) is 2.27. The predicted molar refractivity (Wildman–Crippen MR) is 52.0 cm³/mol. The maximum absolute atomic E-state index is 8.83. The lowest BCUT2D eigenvalue weighted by atomic mass is 10.2. The molecular weight excluding hydrogens is 234 g/mol. The maximum Gasteiger partial charge on any atom is 0.179 e. The van der Waals surface area contributed by atoms with Crippen LogP contribution in [0, 0.1) is 11.3 Å². The monoisotopic (exact) mass is 241 g/mol. The molecule has 68 valence electrons. The molecule has 4 heteroatoms. The summed E-state index contributed by atoms with van der Waals surface area (Å²) in [5.74, 6) is 1.02. The Morgan fingerprint density at radius 1 is 1.31 bits per heavy atom. The second-order valence-electron chi connectivity index (χ2n) is 2.27. The standard InChI is InChI=1S/C9H8BrNO2/c1-12-8-4-3-7(10)6(5-11)9(8)13-2/h3-4H,1-2H3. The van der Waals surface area contributed by atoms with Gasteiger partial charge in [0.15, 0.2) is 11.5 Å². The molecule has 0 unspecified atom stereocenters. The molecule has 0 radical (unpaired) electrons. The van der Waals surface area contributed by atoms with Gasteiger partial charge in [-0.05, 0) is 28.1 Å². The molecule has 1 aromatic carbocycles. The number of nitrogens with zero attached hydrogens (tertiary/aromatic N) is 1. The van der Waals surface area contributed by atoms with Gasteiger partial charge in [-0.25, -0.2) is 0 Å². The molecule has 0 saturated heterocycles. The Morgan fingerprint density at radius 3 is 2.46 bits per heavy atom. The Hall–Kier alpha value is -1.21. The fraction of sp³-hybridized carbons (Fsp3) is 0.222. The lowest BCUT2D eigenvalue weighted by Gasteiger charge is -2.09. The molecule has 13 heavy (non-hydrogen) atoms. The van der Waals surface area contributed by atoms with Gasteiger partial charge in [-0.15, -0.1) is 0 Å². The van der Waals surface area contributed by atoms with Crippen LogP contribution >= 0.6 is 15.9 Å². The second-order valence-corrected chi connectivity index (χ2v) is 3.12. The first-order valence-electron chi connectivity index (χ1n) is 3.55. The van der Waals surface area contributed by atoms with Gasteiger partial charge in [0.2, 0.25) is 0 Å². The lowest BCUT2D eigenvalue weighted by molar-refractivity contribution is 0.354. The summed E-state index contributed by atoms with van der Waals surface area (Å²) in [6.07, 6.45) is 0. The number of hydrogen-bond donors (Lipinski definition) is 0. The van der Waals surface area contributed by atoms with Crippen molar-refractivity contribution in [2.75, 3.05) is 14.2 Å². The quantitative estimate of drug-likeness (QED) is 0.799. The number of rotatable bonds is 2. The number of methoxy groups -OCH3 is 2. The first kappa shape index (κ1) is 9.87. The molecule has 0 aromatic heterocycles. The van der Waals surface area contributed by atoms with Crippen LogP contribution in [0.4, 0.5) is 0 Å². The molecule has 1 rings (SSSR count). The molecule has 0 heterocycles. The molecule has 1 aromatic rings. The van der Waals surface area contributed by atoms with Gasteiger partial charge < -0.3 is 9.47 Å². The molecule has 0 amide bonds. The lowest BCUT2D eigenvalue weighted by Crippen LogP contribution is -1.94. The highest BCUT2D eigenvalue weighted by Crippen LogP contribution is 2.34. The summed E-state index contributed by atoms with van der Waals surface area (Å²) in [6.45, 7) is 0. The zero-order valence-corrected chi connectivity index (χ0v) is 8.88. The third kappa shape index (κ3) is 1.76. The fourth-order valence-corrected chi connectivity index (χ4v) is 1.41. The Morgan fingerprint density at radius 2 is 2.00 bits per heavy atom. The van der Waals surface area contributed by atoms with Crippen molar-refractivity contribution in [3.05, 3.63) is 22.2 Å². The number of benzene rings is 1. The molecule has 0 fully saturated rings. The van der Waals surface area contributed by atoms with Crippen molar-refractivity contribution < 1.29 is 9.47 Å². The minimum Gasteiger partial charge on any atom is -0.493 e. The fourth-order valence-electron chi connectivity index (χ4n) is 1.01. The second kappa shape index (κ2) is 4.15. The van der Waals surface area contributed by atoms with Crippen LogP contribution in [-0.2, 0) is 0 Å². The molecule has 0 aliphatic rings. The summed E-state index contributed by atoms with van der Waals surface area (Å²) in [4.78, 5) is 0. The Bertz CT molecular complexity index is 357. The van der Waals surface area contributed by atoms with Gasteiger partial charge in [-0.1, -0.05) is 0 Å². The van der Waals surface area contributed by atoms with Gasteiger partial charge in [0, 0.05) is 4.47 Å². The van der Waals surface area contributed by atoms with E-state index in [0.29, 0.717) is 21.5 Å². The van der Waals surface area contributed by atoms with Gasteiger partial charge in [-0.3, -0.25) is 0 Å². The van der Waals surface area contributed by atoms with Crippen molar-refractivity contribution in [2.45, 2.75) is 0 Å². The predicted octanol–water partition coefficient (Wildman–Crippen LogP) is 2.34. The molecule has 0 bridgehead atoms. The smallest absolute Gasteiger partial charge is 0.179 e. The minimum absolute atomic E-state index is 0.446. The van der Waals surface area contributed by atoms with E-state index in [2.05, 4.69) is 15.9 Å². The molecule has 0 spiro atoms. The molecule has 3 nitrogen and oxygen atoms in total. The molecule has 0 saturated carbocycles. The Labute approximate surface area is 85.0 Å². The summed E-state index contributed by atoms with van der Waals surface area (Å²) in [6, 6.07) is 5.53. The van der Waals surface area contributed by atoms with Crippen LogP contribution in [0.3, 0.4) is 0 Å². The van der Waals surface area contributed by atoms with E-state index in [4.69, 9.17) is 14.7 Å². The van der Waals surface area contributed by atoms with E-state index in [-0.39, 0.29) is 0 Å². The molecule has 0 aliphatic heterocycles. The first-order valence-corrected chi connectivity index (χ1v) is 4.34. The number of hydrogen-bond acceptors (Lipinski definition) is 3. The summed E-state index contributed by atoms with van der Waals surface area (Å²) >= 11 is 3.25. The molecule has 0 N–H and O–H groups in total. The van der Waals surface area contributed by atoms with E-state index < -0.39 is 0 Å². The highest BCUT2D eigenvalue weighted by Gasteiger charge is 2.12. The minimum atomic E-state index is 0.446. The molecule has 0 atom stereocenters. The van der Waals surface area contributed by atoms with Gasteiger partial charge >= 0.3 is 0 Å². The molecular formula is C9H8BrNO2. The van der Waals surface area contributed by atoms with Crippen molar-refractivity contribution in [3.8, 4) is 17.6 Å². The summed E-state index contributed by atoms with van der Waals surface area (Å²) < 4.78 is 10.8. The number of ether oxygens (including phenoxy) is 2. The van der Waals surface area contributed by atoms with E-state index in [1.54, 1.807) is 12.1 Å². The van der Waals surface area contributed by atoms with Crippen LogP contribution < -0.4 is 9.47 Å². The molecule has 0 aliphatic carbocycles. The zero-order chi connectivity index (χ0) is 9.84. The van der Waals surface area contributed by atoms with Crippen LogP contribution in [0.15, 0.2) is 16.6 Å². The van der Waals surface area contributed by atoms with E-state index in [1.807, 2.05) is 6.07 Å². The number of nitriles is 1. The van der Waals surface area contributed by atoms with Crippen molar-refractivity contribution >= 4 is 15.9 Å². The Kier molecular flexibility index (Phi) is 3.15. The SMILES string of the molecule is COc1ccc(Br)c(C#N)c1OC. The van der Waals surface area contributed by atoms with Crippen LogP contribution in [0.25, 0.3) is 0 Å². The van der Waals surface area contributed by atoms with Crippen LogP contribution in [0.2, 0.25) is 0 Å². The van der Waals surface area contributed by atoms with E-state index in [0.717, 1.165) is 0 Å². The van der Waals surface area contributed by atoms with Crippen LogP contribution in [0.5, 0.6) is 11.5 Å². The van der Waals surface area contributed by atoms with E-state index >= 15 is 0 Å². The summed E-state index contributed by atoms with van der Waals surface area (Å²) in [5.41, 5.74) is 0.446. The average Bonchev–Trinajstić information content (AvgIpc) is 2.17. The Balaban J connectivity index is 3.38. The summed E-state index contributed by atoms with van der Waals surface area (Å²) in [5, 5.41) is 8.83. The zero-order valence-electron chi connectivity index (χ0n) is 7.30.